The maximum atomic E-state index is 10.9. The van der Waals surface area contributed by atoms with E-state index in [0.717, 1.165) is 13.0 Å². The molecule has 0 bridgehead atoms. The third kappa shape index (κ3) is 4.63. The maximum absolute atomic E-state index is 10.9. The molecule has 0 saturated heterocycles. The highest BCUT2D eigenvalue weighted by molar-refractivity contribution is 6.31. The first-order chi connectivity index (χ1) is 8.00. The Morgan fingerprint density at radius 2 is 2.18 bits per heavy atom. The number of ether oxygens (including phenoxy) is 1. The number of quaternary nitrogens is 1. The summed E-state index contributed by atoms with van der Waals surface area (Å²) >= 11 is 5.71. The molecular formula is C12H16ClNO3. The van der Waals surface area contributed by atoms with Crippen molar-refractivity contribution >= 4 is 17.6 Å². The van der Waals surface area contributed by atoms with Crippen molar-refractivity contribution in [3.63, 3.8) is 0 Å². The Balaban J connectivity index is 2.61. The van der Waals surface area contributed by atoms with Crippen LogP contribution in [-0.2, 0) is 0 Å². The van der Waals surface area contributed by atoms with E-state index in [1.807, 2.05) is 0 Å². The van der Waals surface area contributed by atoms with Gasteiger partial charge in [-0.05, 0) is 18.2 Å². The SMILES string of the molecule is C[NH+](C)CCCOc1ccc(Cl)cc1C(=O)[O-]. The topological polar surface area (TPSA) is 53.8 Å². The lowest BCUT2D eigenvalue weighted by Gasteiger charge is -2.13. The van der Waals surface area contributed by atoms with Gasteiger partial charge in [-0.2, -0.15) is 0 Å². The Morgan fingerprint density at radius 3 is 2.76 bits per heavy atom. The molecule has 0 saturated carbocycles. The molecule has 0 unspecified atom stereocenters. The van der Waals surface area contributed by atoms with Crippen molar-refractivity contribution < 1.29 is 19.5 Å². The highest BCUT2D eigenvalue weighted by atomic mass is 35.5. The smallest absolute Gasteiger partial charge is 0.128 e. The van der Waals surface area contributed by atoms with Crippen LogP contribution < -0.4 is 14.7 Å². The summed E-state index contributed by atoms with van der Waals surface area (Å²) in [4.78, 5) is 12.2. The second kappa shape index (κ2) is 6.47. The van der Waals surface area contributed by atoms with Gasteiger partial charge in [-0.25, -0.2) is 0 Å². The van der Waals surface area contributed by atoms with Gasteiger partial charge in [0.15, 0.2) is 0 Å². The van der Waals surface area contributed by atoms with Gasteiger partial charge >= 0.3 is 0 Å². The van der Waals surface area contributed by atoms with Gasteiger partial charge < -0.3 is 19.5 Å². The standard InChI is InChI=1S/C12H16ClNO3/c1-14(2)6-3-7-17-11-5-4-9(13)8-10(11)12(15)16/h4-5,8H,3,6-7H2,1-2H3,(H,15,16). The number of hydrogen-bond donors (Lipinski definition) is 1. The first kappa shape index (κ1) is 13.8. The Morgan fingerprint density at radius 1 is 1.47 bits per heavy atom. The molecule has 1 N–H and O–H groups in total. The van der Waals surface area contributed by atoms with E-state index in [0.29, 0.717) is 17.4 Å². The molecule has 4 nitrogen and oxygen atoms in total. The fraction of sp³-hybridized carbons (Fsp3) is 0.417. The molecule has 17 heavy (non-hydrogen) atoms. The van der Waals surface area contributed by atoms with Crippen LogP contribution in [0, 0.1) is 0 Å². The number of nitrogens with one attached hydrogen (secondary N) is 1. The zero-order valence-corrected chi connectivity index (χ0v) is 10.7. The minimum Gasteiger partial charge on any atom is -0.545 e. The van der Waals surface area contributed by atoms with Crippen LogP contribution in [0.3, 0.4) is 0 Å². The third-order valence-electron chi connectivity index (χ3n) is 2.24. The average Bonchev–Trinajstić information content (AvgIpc) is 2.25. The highest BCUT2D eigenvalue weighted by Crippen LogP contribution is 2.22. The lowest BCUT2D eigenvalue weighted by Crippen LogP contribution is -3.05. The number of hydrogen-bond acceptors (Lipinski definition) is 3. The molecule has 0 atom stereocenters. The van der Waals surface area contributed by atoms with E-state index in [-0.39, 0.29) is 5.56 Å². The van der Waals surface area contributed by atoms with Crippen molar-refractivity contribution in [1.82, 2.24) is 0 Å². The molecule has 0 aliphatic carbocycles. The summed E-state index contributed by atoms with van der Waals surface area (Å²) < 4.78 is 5.41. The van der Waals surface area contributed by atoms with Crippen molar-refractivity contribution in [3.8, 4) is 5.75 Å². The van der Waals surface area contributed by atoms with Gasteiger partial charge in [-0.1, -0.05) is 11.6 Å². The van der Waals surface area contributed by atoms with Crippen LogP contribution in [0.25, 0.3) is 0 Å². The lowest BCUT2D eigenvalue weighted by atomic mass is 10.2. The maximum Gasteiger partial charge on any atom is 0.128 e. The van der Waals surface area contributed by atoms with E-state index in [9.17, 15) is 9.90 Å². The van der Waals surface area contributed by atoms with Crippen molar-refractivity contribution in [2.75, 3.05) is 27.2 Å². The number of carbonyl (C=O) groups is 1. The normalized spacial score (nSPS) is 10.6. The molecule has 0 fully saturated rings. The van der Waals surface area contributed by atoms with Gasteiger partial charge in [-0.3, -0.25) is 0 Å². The van der Waals surface area contributed by atoms with E-state index < -0.39 is 5.97 Å². The van der Waals surface area contributed by atoms with Crippen LogP contribution in [0.1, 0.15) is 16.8 Å². The molecule has 0 aliphatic rings. The molecule has 1 rings (SSSR count). The summed E-state index contributed by atoms with van der Waals surface area (Å²) in [7, 11) is 4.10. The quantitative estimate of drug-likeness (QED) is 0.707. The number of rotatable bonds is 6. The summed E-state index contributed by atoms with van der Waals surface area (Å²) in [5.74, 6) is -0.969. The fourth-order valence-corrected chi connectivity index (χ4v) is 1.57. The molecule has 0 aliphatic heterocycles. The van der Waals surface area contributed by atoms with Crippen molar-refractivity contribution in [1.29, 1.82) is 0 Å². The molecule has 1 aromatic rings. The summed E-state index contributed by atoms with van der Waals surface area (Å²) in [5, 5.41) is 11.2. The zero-order valence-electron chi connectivity index (χ0n) is 9.96. The van der Waals surface area contributed by atoms with E-state index in [2.05, 4.69) is 14.1 Å². The average molecular weight is 258 g/mol. The van der Waals surface area contributed by atoms with Crippen molar-refractivity contribution in [2.45, 2.75) is 6.42 Å². The van der Waals surface area contributed by atoms with Gasteiger partial charge in [0.2, 0.25) is 0 Å². The molecular weight excluding hydrogens is 242 g/mol. The summed E-state index contributed by atoms with van der Waals surface area (Å²) in [5.41, 5.74) is -0.00491. The van der Waals surface area contributed by atoms with Crippen LogP contribution in [0.2, 0.25) is 5.02 Å². The van der Waals surface area contributed by atoms with E-state index in [4.69, 9.17) is 16.3 Å². The Labute approximate surface area is 106 Å². The monoisotopic (exact) mass is 257 g/mol. The summed E-state index contributed by atoms with van der Waals surface area (Å²) in [6.07, 6.45) is 0.859. The van der Waals surface area contributed by atoms with Gasteiger partial charge in [0.1, 0.15) is 5.75 Å². The predicted molar refractivity (Wildman–Crippen MR) is 63.6 cm³/mol. The second-order valence-corrected chi connectivity index (χ2v) is 4.52. The van der Waals surface area contributed by atoms with Crippen LogP contribution in [0.5, 0.6) is 5.75 Å². The Bertz CT molecular complexity index is 393. The van der Waals surface area contributed by atoms with Gasteiger partial charge in [0.25, 0.3) is 0 Å². The van der Waals surface area contributed by atoms with Crippen LogP contribution in [0.15, 0.2) is 18.2 Å². The zero-order chi connectivity index (χ0) is 12.8. The van der Waals surface area contributed by atoms with Gasteiger partial charge in [0, 0.05) is 17.0 Å². The molecule has 0 heterocycles. The third-order valence-corrected chi connectivity index (χ3v) is 2.48. The van der Waals surface area contributed by atoms with Crippen LogP contribution >= 0.6 is 11.6 Å². The molecule has 0 aromatic heterocycles. The predicted octanol–water partition coefficient (Wildman–Crippen LogP) is -0.383. The second-order valence-electron chi connectivity index (χ2n) is 4.09. The summed E-state index contributed by atoms with van der Waals surface area (Å²) in [6.45, 7) is 1.45. The van der Waals surface area contributed by atoms with E-state index in [1.54, 1.807) is 12.1 Å². The number of carboxylic acids is 1. The highest BCUT2D eigenvalue weighted by Gasteiger charge is 2.06. The van der Waals surface area contributed by atoms with E-state index >= 15 is 0 Å². The Hall–Kier alpha value is -1.26. The molecule has 94 valence electrons. The van der Waals surface area contributed by atoms with Gasteiger partial charge in [-0.15, -0.1) is 0 Å². The minimum atomic E-state index is -1.28. The van der Waals surface area contributed by atoms with Gasteiger partial charge in [0.05, 0.1) is 33.2 Å². The molecule has 5 heteroatoms. The number of carbonyl (C=O) groups excluding carboxylic acids is 1. The van der Waals surface area contributed by atoms with Crippen LogP contribution in [-0.4, -0.2) is 33.2 Å². The molecule has 0 amide bonds. The minimum absolute atomic E-state index is 0.00491. The lowest BCUT2D eigenvalue weighted by molar-refractivity contribution is -0.858. The number of halogens is 1. The first-order valence-corrected chi connectivity index (χ1v) is 5.81. The fourth-order valence-electron chi connectivity index (χ4n) is 1.40. The molecule has 1 aromatic carbocycles. The number of aromatic carboxylic acids is 1. The van der Waals surface area contributed by atoms with Crippen LogP contribution in [0.4, 0.5) is 0 Å². The van der Waals surface area contributed by atoms with Crippen molar-refractivity contribution in [3.05, 3.63) is 28.8 Å². The molecule has 0 spiro atoms. The number of benzene rings is 1. The largest absolute Gasteiger partial charge is 0.545 e. The Kier molecular flexibility index (Phi) is 5.25. The molecule has 0 radical (unpaired) electrons. The first-order valence-electron chi connectivity index (χ1n) is 5.43. The van der Waals surface area contributed by atoms with E-state index in [1.165, 1.54) is 11.0 Å². The number of carboxylic acid groups (broad SMARTS) is 1. The van der Waals surface area contributed by atoms with Crippen molar-refractivity contribution in [2.24, 2.45) is 0 Å². The summed E-state index contributed by atoms with van der Waals surface area (Å²) in [6, 6.07) is 4.49.